The predicted octanol–water partition coefficient (Wildman–Crippen LogP) is 4.65. The number of aromatic nitrogens is 2. The Morgan fingerprint density at radius 2 is 1.96 bits per heavy atom. The second kappa shape index (κ2) is 7.32. The zero-order chi connectivity index (χ0) is 18.7. The summed E-state index contributed by atoms with van der Waals surface area (Å²) in [4.78, 5) is 7.81. The number of benzene rings is 2. The molecule has 26 heavy (non-hydrogen) atoms. The molecular formula is C21H21N3O2. The number of aromatic amines is 1. The molecule has 1 heterocycles. The van der Waals surface area contributed by atoms with E-state index in [1.165, 1.54) is 11.1 Å². The molecule has 1 N–H and O–H groups in total. The van der Waals surface area contributed by atoms with Gasteiger partial charge in [-0.1, -0.05) is 6.07 Å². The number of hydrogen-bond donors (Lipinski definition) is 1. The first kappa shape index (κ1) is 17.6. The van der Waals surface area contributed by atoms with Crippen LogP contribution in [0.25, 0.3) is 22.7 Å². The van der Waals surface area contributed by atoms with Gasteiger partial charge in [-0.25, -0.2) is 4.98 Å². The van der Waals surface area contributed by atoms with Gasteiger partial charge in [0.05, 0.1) is 30.3 Å². The van der Waals surface area contributed by atoms with Gasteiger partial charge in [0.1, 0.15) is 11.9 Å². The van der Waals surface area contributed by atoms with E-state index in [1.54, 1.807) is 13.2 Å². The minimum Gasteiger partial charge on any atom is -0.493 e. The van der Waals surface area contributed by atoms with E-state index in [0.717, 1.165) is 16.6 Å². The fourth-order valence-corrected chi connectivity index (χ4v) is 2.77. The Labute approximate surface area is 152 Å². The first-order valence-corrected chi connectivity index (χ1v) is 8.45. The number of methoxy groups -OCH3 is 1. The summed E-state index contributed by atoms with van der Waals surface area (Å²) in [6.45, 7) is 6.57. The summed E-state index contributed by atoms with van der Waals surface area (Å²) in [6.07, 6.45) is 1.79. The van der Waals surface area contributed by atoms with Crippen molar-refractivity contribution in [1.82, 2.24) is 9.97 Å². The van der Waals surface area contributed by atoms with Crippen molar-refractivity contribution in [1.29, 1.82) is 5.26 Å². The average molecular weight is 347 g/mol. The van der Waals surface area contributed by atoms with Crippen LogP contribution in [0.15, 0.2) is 30.3 Å². The van der Waals surface area contributed by atoms with E-state index >= 15 is 0 Å². The largest absolute Gasteiger partial charge is 0.493 e. The molecule has 0 saturated heterocycles. The maximum atomic E-state index is 9.61. The predicted molar refractivity (Wildman–Crippen MR) is 103 cm³/mol. The van der Waals surface area contributed by atoms with Crippen LogP contribution in [0.3, 0.4) is 0 Å². The Bertz CT molecular complexity index is 987. The van der Waals surface area contributed by atoms with E-state index in [1.807, 2.05) is 31.2 Å². The molecule has 1 aromatic heterocycles. The minimum absolute atomic E-state index is 0.462. The highest BCUT2D eigenvalue weighted by molar-refractivity contribution is 5.90. The molecule has 0 fully saturated rings. The summed E-state index contributed by atoms with van der Waals surface area (Å²) < 4.78 is 10.9. The number of imidazole rings is 1. The lowest BCUT2D eigenvalue weighted by atomic mass is 10.1. The van der Waals surface area contributed by atoms with Crippen molar-refractivity contribution in [2.75, 3.05) is 13.7 Å². The first-order chi connectivity index (χ1) is 12.5. The highest BCUT2D eigenvalue weighted by Crippen LogP contribution is 2.30. The van der Waals surface area contributed by atoms with Gasteiger partial charge in [-0.2, -0.15) is 5.26 Å². The monoisotopic (exact) mass is 347 g/mol. The topological polar surface area (TPSA) is 70.9 Å². The van der Waals surface area contributed by atoms with Gasteiger partial charge in [0.25, 0.3) is 0 Å². The SMILES string of the molecule is CCOc1cc(/C=C(/C#N)c2nc3cc(C)c(C)cc3[nH]2)ccc1OC. The van der Waals surface area contributed by atoms with Crippen LogP contribution in [-0.2, 0) is 0 Å². The smallest absolute Gasteiger partial charge is 0.161 e. The zero-order valence-corrected chi connectivity index (χ0v) is 15.4. The maximum absolute atomic E-state index is 9.61. The Morgan fingerprint density at radius 1 is 1.19 bits per heavy atom. The molecule has 0 unspecified atom stereocenters. The van der Waals surface area contributed by atoms with Crippen molar-refractivity contribution in [2.24, 2.45) is 0 Å². The number of nitrogens with zero attached hydrogens (tertiary/aromatic N) is 2. The number of nitrogens with one attached hydrogen (secondary N) is 1. The molecule has 5 nitrogen and oxygen atoms in total. The first-order valence-electron chi connectivity index (χ1n) is 8.45. The number of hydrogen-bond acceptors (Lipinski definition) is 4. The van der Waals surface area contributed by atoms with Crippen LogP contribution in [-0.4, -0.2) is 23.7 Å². The van der Waals surface area contributed by atoms with Crippen LogP contribution in [0, 0.1) is 25.2 Å². The number of allylic oxidation sites excluding steroid dienone is 1. The average Bonchev–Trinajstić information content (AvgIpc) is 3.03. The molecule has 0 radical (unpaired) electrons. The van der Waals surface area contributed by atoms with Crippen LogP contribution in [0.1, 0.15) is 29.4 Å². The van der Waals surface area contributed by atoms with E-state index in [4.69, 9.17) is 9.47 Å². The normalized spacial score (nSPS) is 11.4. The van der Waals surface area contributed by atoms with Gasteiger partial charge in [0.15, 0.2) is 11.5 Å². The van der Waals surface area contributed by atoms with Crippen LogP contribution in [0.2, 0.25) is 0 Å². The molecule has 132 valence electrons. The van der Waals surface area contributed by atoms with Gasteiger partial charge < -0.3 is 14.5 Å². The van der Waals surface area contributed by atoms with E-state index in [2.05, 4.69) is 36.0 Å². The Kier molecular flexibility index (Phi) is 4.94. The lowest BCUT2D eigenvalue weighted by Crippen LogP contribution is -1.95. The van der Waals surface area contributed by atoms with Crippen molar-refractivity contribution in [2.45, 2.75) is 20.8 Å². The molecule has 5 heteroatoms. The Morgan fingerprint density at radius 3 is 2.65 bits per heavy atom. The zero-order valence-electron chi connectivity index (χ0n) is 15.4. The van der Waals surface area contributed by atoms with Crippen molar-refractivity contribution in [3.05, 3.63) is 52.8 Å². The Hall–Kier alpha value is -3.26. The van der Waals surface area contributed by atoms with Gasteiger partial charge in [0, 0.05) is 0 Å². The fraction of sp³-hybridized carbons (Fsp3) is 0.238. The maximum Gasteiger partial charge on any atom is 0.161 e. The molecule has 0 aliphatic carbocycles. The quantitative estimate of drug-likeness (QED) is 0.682. The molecule has 3 aromatic rings. The molecule has 0 bridgehead atoms. The fourth-order valence-electron chi connectivity index (χ4n) is 2.77. The van der Waals surface area contributed by atoms with E-state index in [0.29, 0.717) is 29.5 Å². The summed E-state index contributed by atoms with van der Waals surface area (Å²) >= 11 is 0. The number of nitriles is 1. The third kappa shape index (κ3) is 3.40. The van der Waals surface area contributed by atoms with Gasteiger partial charge in [-0.15, -0.1) is 0 Å². The van der Waals surface area contributed by atoms with Gasteiger partial charge in [-0.05, 0) is 67.8 Å². The molecule has 3 rings (SSSR count). The number of fused-ring (bicyclic) bond motifs is 1. The second-order valence-electron chi connectivity index (χ2n) is 6.05. The van der Waals surface area contributed by atoms with Crippen molar-refractivity contribution in [3.63, 3.8) is 0 Å². The summed E-state index contributed by atoms with van der Waals surface area (Å²) in [7, 11) is 1.60. The second-order valence-corrected chi connectivity index (χ2v) is 6.05. The molecule has 0 atom stereocenters. The molecule has 0 aliphatic rings. The highest BCUT2D eigenvalue weighted by Gasteiger charge is 2.10. The minimum atomic E-state index is 0.462. The molecule has 0 saturated carbocycles. The van der Waals surface area contributed by atoms with Crippen LogP contribution >= 0.6 is 0 Å². The third-order valence-electron chi connectivity index (χ3n) is 4.27. The molecule has 0 aliphatic heterocycles. The van der Waals surface area contributed by atoms with Crippen molar-refractivity contribution < 1.29 is 9.47 Å². The number of aryl methyl sites for hydroxylation is 2. The molecule has 2 aromatic carbocycles. The number of H-pyrrole nitrogens is 1. The van der Waals surface area contributed by atoms with Crippen LogP contribution in [0.5, 0.6) is 11.5 Å². The van der Waals surface area contributed by atoms with Gasteiger partial charge >= 0.3 is 0 Å². The number of rotatable bonds is 5. The van der Waals surface area contributed by atoms with Crippen LogP contribution < -0.4 is 9.47 Å². The standard InChI is InChI=1S/C21H21N3O2/c1-5-26-20-11-15(6-7-19(20)25-4)10-16(12-22)21-23-17-8-13(2)14(3)9-18(17)24-21/h6-11H,5H2,1-4H3,(H,23,24)/b16-10-. The lowest BCUT2D eigenvalue weighted by Gasteiger charge is -2.09. The third-order valence-corrected chi connectivity index (χ3v) is 4.27. The molecule has 0 spiro atoms. The number of ether oxygens (including phenoxy) is 2. The summed E-state index contributed by atoms with van der Waals surface area (Å²) in [5.74, 6) is 1.87. The van der Waals surface area contributed by atoms with E-state index in [-0.39, 0.29) is 0 Å². The van der Waals surface area contributed by atoms with Crippen LogP contribution in [0.4, 0.5) is 0 Å². The van der Waals surface area contributed by atoms with Crippen molar-refractivity contribution >= 4 is 22.7 Å². The van der Waals surface area contributed by atoms with E-state index in [9.17, 15) is 5.26 Å². The van der Waals surface area contributed by atoms with Gasteiger partial charge in [-0.3, -0.25) is 0 Å². The Balaban J connectivity index is 2.03. The summed E-state index contributed by atoms with van der Waals surface area (Å²) in [5.41, 5.74) is 5.45. The lowest BCUT2D eigenvalue weighted by molar-refractivity contribution is 0.311. The summed E-state index contributed by atoms with van der Waals surface area (Å²) in [5, 5.41) is 9.61. The van der Waals surface area contributed by atoms with E-state index < -0.39 is 0 Å². The summed E-state index contributed by atoms with van der Waals surface area (Å²) in [6, 6.07) is 11.9. The van der Waals surface area contributed by atoms with Crippen molar-refractivity contribution in [3.8, 4) is 17.6 Å². The molecule has 0 amide bonds. The van der Waals surface area contributed by atoms with Gasteiger partial charge in [0.2, 0.25) is 0 Å². The molecular weight excluding hydrogens is 326 g/mol. The highest BCUT2D eigenvalue weighted by atomic mass is 16.5.